The summed E-state index contributed by atoms with van der Waals surface area (Å²) in [5, 5.41) is 0. The lowest BCUT2D eigenvalue weighted by Gasteiger charge is -2.22. The van der Waals surface area contributed by atoms with Crippen molar-refractivity contribution in [2.24, 2.45) is 0 Å². The zero-order valence-electron chi connectivity index (χ0n) is 15.4. The van der Waals surface area contributed by atoms with Crippen molar-refractivity contribution >= 4 is 22.8 Å². The Bertz CT molecular complexity index is 960. The highest BCUT2D eigenvalue weighted by Gasteiger charge is 2.23. The van der Waals surface area contributed by atoms with Crippen molar-refractivity contribution in [3.8, 4) is 0 Å². The van der Waals surface area contributed by atoms with Crippen LogP contribution in [0.1, 0.15) is 28.2 Å². The molecule has 0 unspecified atom stereocenters. The van der Waals surface area contributed by atoms with Gasteiger partial charge in [-0.1, -0.05) is 0 Å². The number of aromatic amines is 2. The molecule has 1 aromatic carbocycles. The van der Waals surface area contributed by atoms with E-state index in [-0.39, 0.29) is 11.8 Å². The number of nitrogens with one attached hydrogen (secondary N) is 2. The summed E-state index contributed by atoms with van der Waals surface area (Å²) < 4.78 is 0. The summed E-state index contributed by atoms with van der Waals surface area (Å²) in [7, 11) is 0. The van der Waals surface area contributed by atoms with E-state index in [1.54, 1.807) is 0 Å². The fourth-order valence-electron chi connectivity index (χ4n) is 3.58. The topological polar surface area (TPSA) is 85.1 Å². The molecular formula is C20H23N5O2. The van der Waals surface area contributed by atoms with Gasteiger partial charge in [0.05, 0.1) is 17.5 Å². The molecule has 1 saturated heterocycles. The minimum Gasteiger partial charge on any atom is -0.367 e. The molecule has 1 aliphatic heterocycles. The number of aromatic nitrogens is 3. The number of aryl methyl sites for hydroxylation is 1. The molecule has 4 rings (SSSR count). The van der Waals surface area contributed by atoms with Crippen LogP contribution in [0.25, 0.3) is 11.0 Å². The van der Waals surface area contributed by atoms with E-state index in [1.165, 1.54) is 0 Å². The van der Waals surface area contributed by atoms with Gasteiger partial charge in [0, 0.05) is 44.1 Å². The number of hydrogen-bond donors (Lipinski definition) is 2. The fourth-order valence-corrected chi connectivity index (χ4v) is 3.58. The van der Waals surface area contributed by atoms with Crippen LogP contribution in [0, 0.1) is 6.92 Å². The number of H-pyrrole nitrogens is 2. The van der Waals surface area contributed by atoms with Gasteiger partial charge in [-0.3, -0.25) is 9.59 Å². The molecule has 7 nitrogen and oxygen atoms in total. The molecule has 140 valence electrons. The summed E-state index contributed by atoms with van der Waals surface area (Å²) in [5.41, 5.74) is 3.37. The Hall–Kier alpha value is -3.09. The van der Waals surface area contributed by atoms with Crippen molar-refractivity contribution in [3.63, 3.8) is 0 Å². The molecule has 0 bridgehead atoms. The highest BCUT2D eigenvalue weighted by molar-refractivity contribution is 5.97. The zero-order valence-corrected chi connectivity index (χ0v) is 15.4. The zero-order chi connectivity index (χ0) is 18.8. The summed E-state index contributed by atoms with van der Waals surface area (Å²) in [6.45, 7) is 4.37. The first-order valence-corrected chi connectivity index (χ1v) is 9.25. The minimum atomic E-state index is 0.00378. The van der Waals surface area contributed by atoms with Gasteiger partial charge >= 0.3 is 0 Å². The molecule has 1 fully saturated rings. The summed E-state index contributed by atoms with van der Waals surface area (Å²) in [6.07, 6.45) is 4.85. The maximum atomic E-state index is 12.9. The van der Waals surface area contributed by atoms with Gasteiger partial charge in [-0.15, -0.1) is 0 Å². The highest BCUT2D eigenvalue weighted by Crippen LogP contribution is 2.16. The van der Waals surface area contributed by atoms with E-state index in [0.29, 0.717) is 38.2 Å². The second-order valence-corrected chi connectivity index (χ2v) is 6.98. The molecule has 2 N–H and O–H groups in total. The number of hydrogen-bond acceptors (Lipinski definition) is 3. The van der Waals surface area contributed by atoms with E-state index in [9.17, 15) is 9.59 Å². The standard InChI is InChI=1S/C20H23N5O2/c1-14-22-17-4-3-16(12-18(17)23-14)20(27)25-8-2-7-24(9-10-25)19(26)11-15-5-6-21-13-15/h3-6,12-13,21H,2,7-11H2,1H3,(H,22,23). The molecule has 0 radical (unpaired) electrons. The molecule has 27 heavy (non-hydrogen) atoms. The van der Waals surface area contributed by atoms with Crippen LogP contribution in [0.3, 0.4) is 0 Å². The van der Waals surface area contributed by atoms with Gasteiger partial charge in [0.2, 0.25) is 5.91 Å². The highest BCUT2D eigenvalue weighted by atomic mass is 16.2. The SMILES string of the molecule is Cc1nc2ccc(C(=O)N3CCCN(C(=O)Cc4cc[nH]c4)CC3)cc2[nH]1. The summed E-state index contributed by atoms with van der Waals surface area (Å²) in [6, 6.07) is 7.47. The third kappa shape index (κ3) is 3.72. The maximum absolute atomic E-state index is 12.9. The van der Waals surface area contributed by atoms with Crippen molar-refractivity contribution in [3.05, 3.63) is 53.6 Å². The first kappa shape index (κ1) is 17.3. The van der Waals surface area contributed by atoms with Crippen molar-refractivity contribution < 1.29 is 9.59 Å². The van der Waals surface area contributed by atoms with Crippen LogP contribution in [0.15, 0.2) is 36.7 Å². The average molecular weight is 365 g/mol. The van der Waals surface area contributed by atoms with Crippen molar-refractivity contribution in [1.82, 2.24) is 24.8 Å². The predicted octanol–water partition coefficient (Wildman–Crippen LogP) is 2.12. The third-order valence-electron chi connectivity index (χ3n) is 5.00. The number of benzene rings is 1. The second kappa shape index (κ2) is 7.26. The van der Waals surface area contributed by atoms with Crippen molar-refractivity contribution in [2.45, 2.75) is 19.8 Å². The number of fused-ring (bicyclic) bond motifs is 1. The molecule has 7 heteroatoms. The normalized spacial score (nSPS) is 15.1. The quantitative estimate of drug-likeness (QED) is 0.745. The number of carbonyl (C=O) groups is 2. The van der Waals surface area contributed by atoms with Crippen LogP contribution in [-0.2, 0) is 11.2 Å². The van der Waals surface area contributed by atoms with E-state index in [4.69, 9.17) is 0 Å². The molecule has 0 aliphatic carbocycles. The lowest BCUT2D eigenvalue weighted by Crippen LogP contribution is -2.37. The first-order chi connectivity index (χ1) is 13.1. The molecule has 0 saturated carbocycles. The monoisotopic (exact) mass is 365 g/mol. The number of amides is 2. The van der Waals surface area contributed by atoms with Crippen molar-refractivity contribution in [2.75, 3.05) is 26.2 Å². The molecule has 1 aliphatic rings. The Labute approximate surface area is 157 Å². The van der Waals surface area contributed by atoms with E-state index in [0.717, 1.165) is 28.8 Å². The van der Waals surface area contributed by atoms with Gasteiger partial charge in [0.1, 0.15) is 5.82 Å². The summed E-state index contributed by atoms with van der Waals surface area (Å²) in [5.74, 6) is 0.947. The third-order valence-corrected chi connectivity index (χ3v) is 5.00. The summed E-state index contributed by atoms with van der Waals surface area (Å²) >= 11 is 0. The summed E-state index contributed by atoms with van der Waals surface area (Å²) in [4.78, 5) is 39.7. The molecule has 2 amide bonds. The Balaban J connectivity index is 1.42. The van der Waals surface area contributed by atoms with Crippen molar-refractivity contribution in [1.29, 1.82) is 0 Å². The fraction of sp³-hybridized carbons (Fsp3) is 0.350. The van der Waals surface area contributed by atoms with Crippen LogP contribution in [0.2, 0.25) is 0 Å². The first-order valence-electron chi connectivity index (χ1n) is 9.25. The van der Waals surface area contributed by atoms with Gasteiger partial charge in [0.15, 0.2) is 0 Å². The van der Waals surface area contributed by atoms with Crippen LogP contribution in [0.4, 0.5) is 0 Å². The Kier molecular flexibility index (Phi) is 4.66. The van der Waals surface area contributed by atoms with Gasteiger partial charge in [-0.2, -0.15) is 0 Å². The average Bonchev–Trinajstić information content (AvgIpc) is 3.21. The molecular weight excluding hydrogens is 342 g/mol. The molecule has 0 spiro atoms. The van der Waals surface area contributed by atoms with Gasteiger partial charge in [-0.05, 0) is 43.2 Å². The second-order valence-electron chi connectivity index (χ2n) is 6.98. The van der Waals surface area contributed by atoms with E-state index in [2.05, 4.69) is 15.0 Å². The largest absolute Gasteiger partial charge is 0.367 e. The van der Waals surface area contributed by atoms with Gasteiger partial charge in [0.25, 0.3) is 5.91 Å². The van der Waals surface area contributed by atoms with Gasteiger partial charge in [-0.25, -0.2) is 4.98 Å². The minimum absolute atomic E-state index is 0.00378. The van der Waals surface area contributed by atoms with Crippen LogP contribution in [-0.4, -0.2) is 62.7 Å². The molecule has 0 atom stereocenters. The molecule has 3 heterocycles. The van der Waals surface area contributed by atoms with E-state index >= 15 is 0 Å². The lowest BCUT2D eigenvalue weighted by atomic mass is 10.1. The number of nitrogens with zero attached hydrogens (tertiary/aromatic N) is 3. The Morgan fingerprint density at radius 2 is 1.93 bits per heavy atom. The lowest BCUT2D eigenvalue weighted by molar-refractivity contribution is -0.130. The predicted molar refractivity (Wildman–Crippen MR) is 102 cm³/mol. The smallest absolute Gasteiger partial charge is 0.253 e. The Morgan fingerprint density at radius 1 is 1.11 bits per heavy atom. The van der Waals surface area contributed by atoms with E-state index < -0.39 is 0 Å². The maximum Gasteiger partial charge on any atom is 0.253 e. The van der Waals surface area contributed by atoms with Crippen LogP contribution in [0.5, 0.6) is 0 Å². The Morgan fingerprint density at radius 3 is 2.74 bits per heavy atom. The van der Waals surface area contributed by atoms with E-state index in [1.807, 2.05) is 53.4 Å². The number of carbonyl (C=O) groups excluding carboxylic acids is 2. The van der Waals surface area contributed by atoms with Gasteiger partial charge < -0.3 is 19.8 Å². The van der Waals surface area contributed by atoms with Crippen LogP contribution >= 0.6 is 0 Å². The number of rotatable bonds is 3. The van der Waals surface area contributed by atoms with Crippen LogP contribution < -0.4 is 0 Å². The molecule has 2 aromatic heterocycles. The molecule has 3 aromatic rings. The number of imidazole rings is 1.